The Morgan fingerprint density at radius 1 is 1.73 bits per heavy atom. The summed E-state index contributed by atoms with van der Waals surface area (Å²) >= 11 is 0. The number of aromatic nitrogens is 2. The number of nitro groups is 1. The van der Waals surface area contributed by atoms with Crippen LogP contribution >= 0.6 is 0 Å². The lowest BCUT2D eigenvalue weighted by Crippen LogP contribution is -2.27. The number of hydrogen-bond acceptors (Lipinski definition) is 4. The average Bonchev–Trinajstić information content (AvgIpc) is 2.85. The van der Waals surface area contributed by atoms with Gasteiger partial charge in [0.25, 0.3) is 0 Å². The summed E-state index contributed by atoms with van der Waals surface area (Å²) in [7, 11) is 0. The Hall–Kier alpha value is -1.92. The second kappa shape index (κ2) is 2.78. The highest BCUT2D eigenvalue weighted by Gasteiger charge is 2.53. The predicted molar refractivity (Wildman–Crippen MR) is 48.5 cm³/mol. The van der Waals surface area contributed by atoms with Crippen LogP contribution in [0.25, 0.3) is 0 Å². The fraction of sp³-hybridized carbons (Fsp3) is 0.500. The second-order valence-corrected chi connectivity index (χ2v) is 3.64. The van der Waals surface area contributed by atoms with Crippen LogP contribution in [0.2, 0.25) is 0 Å². The van der Waals surface area contributed by atoms with Crippen molar-refractivity contribution >= 4 is 11.7 Å². The lowest BCUT2D eigenvalue weighted by atomic mass is 10.3. The smallest absolute Gasteiger partial charge is 0.331 e. The van der Waals surface area contributed by atoms with E-state index in [1.807, 2.05) is 0 Å². The van der Waals surface area contributed by atoms with Crippen molar-refractivity contribution in [1.82, 2.24) is 9.78 Å². The van der Waals surface area contributed by atoms with E-state index in [-0.39, 0.29) is 11.4 Å². The molecule has 0 spiro atoms. The average molecular weight is 211 g/mol. The zero-order valence-corrected chi connectivity index (χ0v) is 8.01. The number of aryl methyl sites for hydroxylation is 1. The Morgan fingerprint density at radius 2 is 2.33 bits per heavy atom. The van der Waals surface area contributed by atoms with Gasteiger partial charge < -0.3 is 5.11 Å². The second-order valence-electron chi connectivity index (χ2n) is 3.64. The summed E-state index contributed by atoms with van der Waals surface area (Å²) in [4.78, 5) is 20.9. The molecular weight excluding hydrogens is 202 g/mol. The number of hydrogen-bond donors (Lipinski definition) is 1. The Kier molecular flexibility index (Phi) is 1.79. The molecule has 0 amide bonds. The van der Waals surface area contributed by atoms with Crippen LogP contribution in [0.15, 0.2) is 6.20 Å². The third-order valence-corrected chi connectivity index (χ3v) is 2.63. The van der Waals surface area contributed by atoms with E-state index in [2.05, 4.69) is 5.10 Å². The number of carboxylic acids is 1. The molecule has 0 unspecified atom stereocenters. The summed E-state index contributed by atoms with van der Waals surface area (Å²) in [6.07, 6.45) is 2.14. The highest BCUT2D eigenvalue weighted by atomic mass is 16.6. The molecule has 80 valence electrons. The van der Waals surface area contributed by atoms with E-state index >= 15 is 0 Å². The van der Waals surface area contributed by atoms with Gasteiger partial charge in [0.2, 0.25) is 0 Å². The van der Waals surface area contributed by atoms with Crippen molar-refractivity contribution in [2.24, 2.45) is 0 Å². The first kappa shape index (κ1) is 9.63. The summed E-state index contributed by atoms with van der Waals surface area (Å²) in [6, 6.07) is 0. The molecule has 0 saturated heterocycles. The van der Waals surface area contributed by atoms with Gasteiger partial charge in [0.1, 0.15) is 11.9 Å². The first-order valence-corrected chi connectivity index (χ1v) is 4.42. The van der Waals surface area contributed by atoms with E-state index in [1.165, 1.54) is 17.8 Å². The zero-order valence-electron chi connectivity index (χ0n) is 8.01. The Balaban J connectivity index is 2.43. The van der Waals surface area contributed by atoms with Gasteiger partial charge in [-0.3, -0.25) is 10.1 Å². The summed E-state index contributed by atoms with van der Waals surface area (Å²) in [5.74, 6) is -0.986. The number of aliphatic carboxylic acids is 1. The van der Waals surface area contributed by atoms with Gasteiger partial charge in [0.05, 0.1) is 4.92 Å². The molecule has 7 heteroatoms. The van der Waals surface area contributed by atoms with Gasteiger partial charge >= 0.3 is 11.7 Å². The van der Waals surface area contributed by atoms with Crippen molar-refractivity contribution in [3.63, 3.8) is 0 Å². The van der Waals surface area contributed by atoms with Gasteiger partial charge in [-0.05, 0) is 19.8 Å². The maximum Gasteiger partial charge on any atom is 0.331 e. The maximum absolute atomic E-state index is 10.9. The molecule has 1 fully saturated rings. The first-order chi connectivity index (χ1) is 6.97. The molecule has 0 aromatic carbocycles. The number of nitrogens with zero attached hydrogens (tertiary/aromatic N) is 3. The van der Waals surface area contributed by atoms with Crippen LogP contribution in [0.3, 0.4) is 0 Å². The highest BCUT2D eigenvalue weighted by Crippen LogP contribution is 2.44. The molecule has 0 aliphatic heterocycles. The molecule has 0 atom stereocenters. The summed E-state index contributed by atoms with van der Waals surface area (Å²) in [5, 5.41) is 23.4. The quantitative estimate of drug-likeness (QED) is 0.585. The molecule has 1 aliphatic carbocycles. The van der Waals surface area contributed by atoms with Gasteiger partial charge in [-0.1, -0.05) is 0 Å². The molecule has 2 rings (SSSR count). The number of carbonyl (C=O) groups is 1. The van der Waals surface area contributed by atoms with Crippen molar-refractivity contribution in [1.29, 1.82) is 0 Å². The van der Waals surface area contributed by atoms with Crippen molar-refractivity contribution in [2.75, 3.05) is 0 Å². The van der Waals surface area contributed by atoms with E-state index < -0.39 is 16.4 Å². The van der Waals surface area contributed by atoms with Crippen LogP contribution in [-0.2, 0) is 10.3 Å². The standard InChI is InChI=1S/C8H9N3O4/c1-5-6(11(14)15)4-10(9-5)8(2-3-8)7(12)13/h4H,2-3H2,1H3,(H,12,13). The largest absolute Gasteiger partial charge is 0.479 e. The van der Waals surface area contributed by atoms with Crippen molar-refractivity contribution in [3.05, 3.63) is 22.0 Å². The molecule has 0 radical (unpaired) electrons. The third-order valence-electron chi connectivity index (χ3n) is 2.63. The van der Waals surface area contributed by atoms with Crippen molar-refractivity contribution < 1.29 is 14.8 Å². The molecule has 1 heterocycles. The minimum atomic E-state index is -1.04. The Labute approximate surface area is 84.5 Å². The van der Waals surface area contributed by atoms with Gasteiger partial charge in [0, 0.05) is 0 Å². The van der Waals surface area contributed by atoms with Crippen molar-refractivity contribution in [2.45, 2.75) is 25.3 Å². The molecule has 0 bridgehead atoms. The van der Waals surface area contributed by atoms with E-state index in [9.17, 15) is 14.9 Å². The molecule has 7 nitrogen and oxygen atoms in total. The fourth-order valence-corrected chi connectivity index (χ4v) is 1.51. The number of rotatable bonds is 3. The SMILES string of the molecule is Cc1nn(C2(C(=O)O)CC2)cc1[N+](=O)[O-]. The first-order valence-electron chi connectivity index (χ1n) is 4.42. The maximum atomic E-state index is 10.9. The minimum absolute atomic E-state index is 0.137. The van der Waals surface area contributed by atoms with Gasteiger partial charge in [-0.15, -0.1) is 0 Å². The van der Waals surface area contributed by atoms with Crippen LogP contribution in [0.5, 0.6) is 0 Å². The summed E-state index contributed by atoms with van der Waals surface area (Å²) in [6.45, 7) is 1.49. The molecular formula is C8H9N3O4. The van der Waals surface area contributed by atoms with Gasteiger partial charge in [-0.25, -0.2) is 9.48 Å². The lowest BCUT2D eigenvalue weighted by Gasteiger charge is -2.08. The monoisotopic (exact) mass is 211 g/mol. The Morgan fingerprint density at radius 3 is 2.67 bits per heavy atom. The molecule has 1 aliphatic rings. The van der Waals surface area contributed by atoms with E-state index in [1.54, 1.807) is 0 Å². The Bertz CT molecular complexity index is 447. The summed E-state index contributed by atoms with van der Waals surface area (Å²) < 4.78 is 1.20. The van der Waals surface area contributed by atoms with E-state index in [0.717, 1.165) is 0 Å². The predicted octanol–water partition coefficient (Wildman–Crippen LogP) is 0.673. The van der Waals surface area contributed by atoms with Gasteiger partial charge in [-0.2, -0.15) is 5.10 Å². The molecule has 1 N–H and O–H groups in total. The third kappa shape index (κ3) is 1.27. The lowest BCUT2D eigenvalue weighted by molar-refractivity contribution is -0.385. The molecule has 1 aromatic heterocycles. The minimum Gasteiger partial charge on any atom is -0.479 e. The fourth-order valence-electron chi connectivity index (χ4n) is 1.51. The van der Waals surface area contributed by atoms with Gasteiger partial charge in [0.15, 0.2) is 5.54 Å². The molecule has 15 heavy (non-hydrogen) atoms. The number of carboxylic acid groups (broad SMARTS) is 1. The van der Waals surface area contributed by atoms with Crippen LogP contribution < -0.4 is 0 Å². The van der Waals surface area contributed by atoms with Crippen LogP contribution in [-0.4, -0.2) is 25.8 Å². The highest BCUT2D eigenvalue weighted by molar-refractivity contribution is 5.80. The zero-order chi connectivity index (χ0) is 11.2. The van der Waals surface area contributed by atoms with E-state index in [4.69, 9.17) is 5.11 Å². The summed E-state index contributed by atoms with van der Waals surface area (Å²) in [5.41, 5.74) is -0.936. The van der Waals surface area contributed by atoms with Crippen LogP contribution in [0.1, 0.15) is 18.5 Å². The molecule has 1 aromatic rings. The van der Waals surface area contributed by atoms with Crippen LogP contribution in [0, 0.1) is 17.0 Å². The van der Waals surface area contributed by atoms with Crippen molar-refractivity contribution in [3.8, 4) is 0 Å². The normalized spacial score (nSPS) is 17.4. The van der Waals surface area contributed by atoms with Crippen LogP contribution in [0.4, 0.5) is 5.69 Å². The molecule has 1 saturated carbocycles. The van der Waals surface area contributed by atoms with E-state index in [0.29, 0.717) is 12.8 Å². The topological polar surface area (TPSA) is 98.3 Å².